The van der Waals surface area contributed by atoms with Crippen molar-refractivity contribution in [1.29, 1.82) is 0 Å². The fraction of sp³-hybridized carbons (Fsp3) is 0.433. The number of carbonyl (C=O) groups excluding carboxylic acids is 5. The average molecular weight is 552 g/mol. The van der Waals surface area contributed by atoms with E-state index in [2.05, 4.69) is 10.6 Å². The lowest BCUT2D eigenvalue weighted by Crippen LogP contribution is -2.56. The van der Waals surface area contributed by atoms with Crippen LogP contribution in [0.2, 0.25) is 0 Å². The van der Waals surface area contributed by atoms with Gasteiger partial charge in [0.1, 0.15) is 24.1 Å². The molecular weight excluding hydrogens is 514 g/mol. The second kappa shape index (κ2) is 14.9. The van der Waals surface area contributed by atoms with Crippen LogP contribution in [0.1, 0.15) is 49.5 Å². The number of ether oxygens (including phenoxy) is 2. The van der Waals surface area contributed by atoms with E-state index in [-0.39, 0.29) is 24.6 Å². The maximum atomic E-state index is 13.8. The monoisotopic (exact) mass is 551 g/mol. The molecule has 0 unspecified atom stereocenters. The van der Waals surface area contributed by atoms with E-state index in [1.807, 2.05) is 30.3 Å². The molecule has 1 fully saturated rings. The number of rotatable bonds is 14. The van der Waals surface area contributed by atoms with Crippen molar-refractivity contribution in [2.75, 3.05) is 13.2 Å². The van der Waals surface area contributed by atoms with E-state index in [9.17, 15) is 24.0 Å². The van der Waals surface area contributed by atoms with Crippen molar-refractivity contribution in [3.63, 3.8) is 0 Å². The number of hydrogen-bond acceptors (Lipinski definition) is 7. The predicted molar refractivity (Wildman–Crippen MR) is 148 cm³/mol. The Balaban J connectivity index is 1.72. The van der Waals surface area contributed by atoms with Gasteiger partial charge in [0.2, 0.25) is 11.8 Å². The first-order chi connectivity index (χ1) is 19.3. The molecular formula is C30H37N3O7. The third-order valence-electron chi connectivity index (χ3n) is 6.76. The van der Waals surface area contributed by atoms with Crippen molar-refractivity contribution in [1.82, 2.24) is 15.5 Å². The number of para-hydroxylation sites is 1. The Hall–Kier alpha value is -4.05. The minimum Gasteiger partial charge on any atom is -0.483 e. The first-order valence-electron chi connectivity index (χ1n) is 13.4. The molecule has 2 aromatic carbocycles. The van der Waals surface area contributed by atoms with Crippen LogP contribution in [0.15, 0.2) is 54.6 Å². The second-order valence-corrected chi connectivity index (χ2v) is 10.1. The van der Waals surface area contributed by atoms with Crippen molar-refractivity contribution in [2.24, 2.45) is 5.92 Å². The van der Waals surface area contributed by atoms with Gasteiger partial charge in [-0.2, -0.15) is 0 Å². The first-order valence-corrected chi connectivity index (χ1v) is 13.4. The standard InChI is InChI=1S/C30H37N3O7/c1-4-23(17-35)31-29(37)25-14-24(39-18-21-10-6-5-7-11-21)15-33(25)30(38)28(20(2)3)32-27(36)19-40-26-13-9-8-12-22(26)16-34/h5-13,16-17,20,23-25,28H,4,14-15,18-19H2,1-3H3,(H,31,37)(H,32,36)/t23-,24+,25-,28-/m0/s1. The number of nitrogens with one attached hydrogen (secondary N) is 2. The number of hydrogen-bond donors (Lipinski definition) is 2. The molecule has 3 rings (SSSR count). The lowest BCUT2D eigenvalue weighted by atomic mass is 10.0. The number of carbonyl (C=O) groups is 5. The van der Waals surface area contributed by atoms with Crippen LogP contribution in [0, 0.1) is 5.92 Å². The number of nitrogens with zero attached hydrogens (tertiary/aromatic N) is 1. The highest BCUT2D eigenvalue weighted by atomic mass is 16.5. The largest absolute Gasteiger partial charge is 0.483 e. The quantitative estimate of drug-likeness (QED) is 0.345. The van der Waals surface area contributed by atoms with E-state index in [1.54, 1.807) is 45.0 Å². The molecule has 10 nitrogen and oxygen atoms in total. The van der Waals surface area contributed by atoms with Crippen LogP contribution in [-0.4, -0.2) is 72.6 Å². The SMILES string of the molecule is CC[C@@H](C=O)NC(=O)[C@@H]1C[C@@H](OCc2ccccc2)CN1C(=O)[C@@H](NC(=O)COc1ccccc1C=O)C(C)C. The van der Waals surface area contributed by atoms with E-state index in [1.165, 1.54) is 4.90 Å². The lowest BCUT2D eigenvalue weighted by molar-refractivity contribution is -0.143. The summed E-state index contributed by atoms with van der Waals surface area (Å²) in [6.45, 7) is 5.44. The zero-order chi connectivity index (χ0) is 29.1. The summed E-state index contributed by atoms with van der Waals surface area (Å²) in [5, 5.41) is 5.43. The third-order valence-corrected chi connectivity index (χ3v) is 6.76. The smallest absolute Gasteiger partial charge is 0.258 e. The van der Waals surface area contributed by atoms with Gasteiger partial charge in [-0.3, -0.25) is 19.2 Å². The van der Waals surface area contributed by atoms with Crippen molar-refractivity contribution in [2.45, 2.75) is 64.4 Å². The first kappa shape index (κ1) is 30.5. The fourth-order valence-corrected chi connectivity index (χ4v) is 4.47. The summed E-state index contributed by atoms with van der Waals surface area (Å²) in [6, 6.07) is 13.6. The minimum atomic E-state index is -0.936. The average Bonchev–Trinajstić information content (AvgIpc) is 3.41. The second-order valence-electron chi connectivity index (χ2n) is 10.1. The molecule has 0 aliphatic carbocycles. The number of benzene rings is 2. The predicted octanol–water partition coefficient (Wildman–Crippen LogP) is 2.30. The summed E-state index contributed by atoms with van der Waals surface area (Å²) in [5.74, 6) is -1.46. The van der Waals surface area contributed by atoms with Gasteiger partial charge < -0.3 is 29.8 Å². The van der Waals surface area contributed by atoms with Crippen molar-refractivity contribution in [3.05, 3.63) is 65.7 Å². The summed E-state index contributed by atoms with van der Waals surface area (Å²) in [7, 11) is 0. The topological polar surface area (TPSA) is 131 Å². The molecule has 2 aromatic rings. The highest BCUT2D eigenvalue weighted by Gasteiger charge is 2.43. The molecule has 0 bridgehead atoms. The van der Waals surface area contributed by atoms with E-state index in [4.69, 9.17) is 9.47 Å². The van der Waals surface area contributed by atoms with Gasteiger partial charge in [-0.15, -0.1) is 0 Å². The van der Waals surface area contributed by atoms with Gasteiger partial charge in [-0.25, -0.2) is 0 Å². The van der Waals surface area contributed by atoms with Crippen molar-refractivity contribution in [3.8, 4) is 5.75 Å². The summed E-state index contributed by atoms with van der Waals surface area (Å²) < 4.78 is 11.6. The van der Waals surface area contributed by atoms with Crippen LogP contribution >= 0.6 is 0 Å². The fourth-order valence-electron chi connectivity index (χ4n) is 4.47. The van der Waals surface area contributed by atoms with Gasteiger partial charge in [-0.05, 0) is 30.0 Å². The van der Waals surface area contributed by atoms with Crippen LogP contribution in [-0.2, 0) is 30.5 Å². The van der Waals surface area contributed by atoms with Gasteiger partial charge in [0.05, 0.1) is 24.3 Å². The highest BCUT2D eigenvalue weighted by molar-refractivity contribution is 5.93. The molecule has 1 saturated heterocycles. The molecule has 4 atom stereocenters. The van der Waals surface area contributed by atoms with Crippen molar-refractivity contribution >= 4 is 30.3 Å². The molecule has 3 amide bonds. The minimum absolute atomic E-state index is 0.157. The van der Waals surface area contributed by atoms with Crippen LogP contribution in [0.5, 0.6) is 5.75 Å². The molecule has 0 saturated carbocycles. The third kappa shape index (κ3) is 8.22. The molecule has 0 aromatic heterocycles. The molecule has 1 heterocycles. The molecule has 0 radical (unpaired) electrons. The Kier molecular flexibility index (Phi) is 11.4. The van der Waals surface area contributed by atoms with E-state index in [0.29, 0.717) is 31.2 Å². The zero-order valence-electron chi connectivity index (χ0n) is 23.1. The molecule has 1 aliphatic rings. The maximum absolute atomic E-state index is 13.8. The summed E-state index contributed by atoms with van der Waals surface area (Å²) >= 11 is 0. The maximum Gasteiger partial charge on any atom is 0.258 e. The number of likely N-dealkylation sites (tertiary alicyclic amines) is 1. The van der Waals surface area contributed by atoms with Crippen LogP contribution in [0.3, 0.4) is 0 Å². The van der Waals surface area contributed by atoms with Crippen LogP contribution < -0.4 is 15.4 Å². The summed E-state index contributed by atoms with van der Waals surface area (Å²) in [6.07, 6.45) is 1.56. The van der Waals surface area contributed by atoms with E-state index >= 15 is 0 Å². The van der Waals surface area contributed by atoms with Crippen LogP contribution in [0.25, 0.3) is 0 Å². The van der Waals surface area contributed by atoms with Gasteiger partial charge in [-0.1, -0.05) is 63.2 Å². The highest BCUT2D eigenvalue weighted by Crippen LogP contribution is 2.24. The Morgan fingerprint density at radius 1 is 1.02 bits per heavy atom. The Morgan fingerprint density at radius 2 is 1.73 bits per heavy atom. The van der Waals surface area contributed by atoms with Gasteiger partial charge in [0.15, 0.2) is 12.9 Å². The van der Waals surface area contributed by atoms with Gasteiger partial charge in [0.25, 0.3) is 5.91 Å². The van der Waals surface area contributed by atoms with E-state index in [0.717, 1.165) is 5.56 Å². The van der Waals surface area contributed by atoms with Gasteiger partial charge in [0, 0.05) is 13.0 Å². The number of amides is 3. The molecule has 1 aliphatic heterocycles. The summed E-state index contributed by atoms with van der Waals surface area (Å²) in [5.41, 5.74) is 1.27. The molecule has 214 valence electrons. The Morgan fingerprint density at radius 3 is 2.38 bits per heavy atom. The molecule has 0 spiro atoms. The molecule has 2 N–H and O–H groups in total. The normalized spacial score (nSPS) is 18.1. The van der Waals surface area contributed by atoms with Gasteiger partial charge >= 0.3 is 0 Å². The summed E-state index contributed by atoms with van der Waals surface area (Å²) in [4.78, 5) is 63.7. The van der Waals surface area contributed by atoms with E-state index < -0.39 is 48.6 Å². The van der Waals surface area contributed by atoms with Crippen molar-refractivity contribution < 1.29 is 33.4 Å². The Labute approximate surface area is 234 Å². The molecule has 40 heavy (non-hydrogen) atoms. The lowest BCUT2D eigenvalue weighted by Gasteiger charge is -2.30. The van der Waals surface area contributed by atoms with Crippen LogP contribution in [0.4, 0.5) is 0 Å². The number of aldehydes is 2. The zero-order valence-corrected chi connectivity index (χ0v) is 23.1. The molecule has 10 heteroatoms. The Bertz CT molecular complexity index is 1170.